The van der Waals surface area contributed by atoms with Crippen LogP contribution >= 0.6 is 11.8 Å². The minimum atomic E-state index is -0.547. The molecule has 1 fully saturated rings. The lowest BCUT2D eigenvalue weighted by Crippen LogP contribution is -2.38. The smallest absolute Gasteiger partial charge is 0.310 e. The molecule has 3 amide bonds. The molecule has 0 unspecified atom stereocenters. The summed E-state index contributed by atoms with van der Waals surface area (Å²) >= 11 is 0.937. The predicted octanol–water partition coefficient (Wildman–Crippen LogP) is 1.64. The molecule has 2 aromatic rings. The van der Waals surface area contributed by atoms with Crippen LogP contribution in [0, 0.1) is 6.92 Å². The van der Waals surface area contributed by atoms with Gasteiger partial charge in [0.05, 0.1) is 18.4 Å². The fourth-order valence-corrected chi connectivity index (χ4v) is 3.39. The predicted molar refractivity (Wildman–Crippen MR) is 98.2 cm³/mol. The van der Waals surface area contributed by atoms with Crippen LogP contribution in [0.1, 0.15) is 11.1 Å². The van der Waals surface area contributed by atoms with Crippen molar-refractivity contribution in [2.75, 3.05) is 25.4 Å². The third-order valence-electron chi connectivity index (χ3n) is 4.01. The highest BCUT2D eigenvalue weighted by molar-refractivity contribution is 8.14. The lowest BCUT2D eigenvalue weighted by atomic mass is 10.1. The molecule has 27 heavy (non-hydrogen) atoms. The maximum Gasteiger partial charge on any atom is 0.310 e. The van der Waals surface area contributed by atoms with E-state index in [1.807, 2.05) is 25.1 Å². The van der Waals surface area contributed by atoms with Crippen LogP contribution in [-0.4, -0.2) is 53.4 Å². The third-order valence-corrected chi connectivity index (χ3v) is 4.87. The number of rotatable bonds is 7. The number of nitrogens with one attached hydrogen (secondary N) is 1. The Labute approximate surface area is 159 Å². The Morgan fingerprint density at radius 2 is 2.15 bits per heavy atom. The van der Waals surface area contributed by atoms with E-state index < -0.39 is 18.5 Å². The Morgan fingerprint density at radius 3 is 2.89 bits per heavy atom. The summed E-state index contributed by atoms with van der Waals surface area (Å²) in [5.41, 5.74) is 2.44. The van der Waals surface area contributed by atoms with Crippen molar-refractivity contribution in [1.29, 1.82) is 0 Å². The maximum absolute atomic E-state index is 12.0. The highest BCUT2D eigenvalue weighted by Gasteiger charge is 2.29. The molecule has 8 nitrogen and oxygen atoms in total. The zero-order chi connectivity index (χ0) is 19.4. The number of fused-ring (bicyclic) bond motifs is 1. The molecule has 9 heteroatoms. The van der Waals surface area contributed by atoms with Crippen LogP contribution in [0.2, 0.25) is 0 Å². The minimum Gasteiger partial charge on any atom is -0.464 e. The van der Waals surface area contributed by atoms with Gasteiger partial charge in [0.1, 0.15) is 5.58 Å². The van der Waals surface area contributed by atoms with Gasteiger partial charge in [0.2, 0.25) is 5.91 Å². The summed E-state index contributed by atoms with van der Waals surface area (Å²) in [7, 11) is 0. The van der Waals surface area contributed by atoms with Gasteiger partial charge in [0.25, 0.3) is 11.1 Å². The van der Waals surface area contributed by atoms with Crippen molar-refractivity contribution in [3.8, 4) is 0 Å². The summed E-state index contributed by atoms with van der Waals surface area (Å²) in [6.07, 6.45) is 1.50. The van der Waals surface area contributed by atoms with Crippen LogP contribution in [-0.2, 0) is 25.5 Å². The molecule has 1 N–H and O–H groups in total. The SMILES string of the molecule is Cc1ccc2c(CC(=O)OCC(=O)NCCN3C(=O)CSC3=O)coc2c1. The molecule has 0 atom stereocenters. The molecule has 0 spiro atoms. The van der Waals surface area contributed by atoms with Crippen LogP contribution in [0.25, 0.3) is 11.0 Å². The van der Waals surface area contributed by atoms with E-state index in [0.29, 0.717) is 11.1 Å². The van der Waals surface area contributed by atoms with Gasteiger partial charge < -0.3 is 14.5 Å². The fraction of sp³-hybridized carbons (Fsp3) is 0.333. The van der Waals surface area contributed by atoms with Crippen molar-refractivity contribution in [2.45, 2.75) is 13.3 Å². The molecule has 142 valence electrons. The van der Waals surface area contributed by atoms with Crippen molar-refractivity contribution in [3.05, 3.63) is 35.6 Å². The first-order chi connectivity index (χ1) is 12.9. The zero-order valence-electron chi connectivity index (χ0n) is 14.6. The number of furan rings is 1. The number of amides is 3. The Hall–Kier alpha value is -2.81. The molecule has 1 aliphatic heterocycles. The summed E-state index contributed by atoms with van der Waals surface area (Å²) in [6, 6.07) is 5.68. The van der Waals surface area contributed by atoms with Crippen LogP contribution in [0.5, 0.6) is 0 Å². The van der Waals surface area contributed by atoms with Crippen molar-refractivity contribution in [3.63, 3.8) is 0 Å². The summed E-state index contributed by atoms with van der Waals surface area (Å²) in [4.78, 5) is 47.6. The number of hydrogen-bond acceptors (Lipinski definition) is 7. The topological polar surface area (TPSA) is 106 Å². The van der Waals surface area contributed by atoms with Crippen LogP contribution in [0.4, 0.5) is 4.79 Å². The molecule has 1 aromatic carbocycles. The average Bonchev–Trinajstić information content (AvgIpc) is 3.17. The number of nitrogens with zero attached hydrogens (tertiary/aromatic N) is 1. The van der Waals surface area contributed by atoms with E-state index in [2.05, 4.69) is 5.32 Å². The zero-order valence-corrected chi connectivity index (χ0v) is 15.5. The molecule has 2 heterocycles. The van der Waals surface area contributed by atoms with Crippen LogP contribution < -0.4 is 5.32 Å². The lowest BCUT2D eigenvalue weighted by Gasteiger charge is -2.13. The summed E-state index contributed by atoms with van der Waals surface area (Å²) in [5.74, 6) is -1.18. The van der Waals surface area contributed by atoms with Gasteiger partial charge in [-0.3, -0.25) is 24.1 Å². The van der Waals surface area contributed by atoms with E-state index >= 15 is 0 Å². The Morgan fingerprint density at radius 1 is 1.33 bits per heavy atom. The molecule has 1 aliphatic rings. The molecular weight excluding hydrogens is 372 g/mol. The number of imide groups is 1. The molecular formula is C18H18N2O6S. The number of thioether (sulfide) groups is 1. The average molecular weight is 390 g/mol. The van der Waals surface area contributed by atoms with E-state index in [-0.39, 0.29) is 36.4 Å². The van der Waals surface area contributed by atoms with Crippen molar-refractivity contribution in [1.82, 2.24) is 10.2 Å². The van der Waals surface area contributed by atoms with E-state index in [4.69, 9.17) is 9.15 Å². The van der Waals surface area contributed by atoms with Gasteiger partial charge in [-0.2, -0.15) is 0 Å². The normalized spacial score (nSPS) is 14.0. The Kier molecular flexibility index (Phi) is 5.80. The second kappa shape index (κ2) is 8.26. The highest BCUT2D eigenvalue weighted by Crippen LogP contribution is 2.23. The van der Waals surface area contributed by atoms with E-state index in [0.717, 1.165) is 27.6 Å². The standard InChI is InChI=1S/C18H18N2O6S/c1-11-2-3-13-12(8-25-14(13)6-11)7-17(23)26-9-15(21)19-4-5-20-16(22)10-27-18(20)24/h2-3,6,8H,4-5,7,9-10H2,1H3,(H,19,21). The van der Waals surface area contributed by atoms with Crippen molar-refractivity contribution >= 4 is 45.8 Å². The summed E-state index contributed by atoms with van der Waals surface area (Å²) in [5, 5.41) is 3.03. The van der Waals surface area contributed by atoms with Gasteiger partial charge >= 0.3 is 5.97 Å². The van der Waals surface area contributed by atoms with Crippen LogP contribution in [0.3, 0.4) is 0 Å². The lowest BCUT2D eigenvalue weighted by molar-refractivity contribution is -0.147. The number of ether oxygens (including phenoxy) is 1. The van der Waals surface area contributed by atoms with Gasteiger partial charge in [-0.1, -0.05) is 23.9 Å². The molecule has 0 saturated carbocycles. The molecule has 0 bridgehead atoms. The largest absolute Gasteiger partial charge is 0.464 e. The summed E-state index contributed by atoms with van der Waals surface area (Å²) < 4.78 is 10.4. The molecule has 1 aromatic heterocycles. The van der Waals surface area contributed by atoms with Gasteiger partial charge in [-0.15, -0.1) is 0 Å². The second-order valence-corrected chi connectivity index (χ2v) is 6.97. The first-order valence-corrected chi connectivity index (χ1v) is 9.29. The second-order valence-electron chi connectivity index (χ2n) is 6.05. The third kappa shape index (κ3) is 4.68. The fourth-order valence-electron chi connectivity index (χ4n) is 2.64. The van der Waals surface area contributed by atoms with E-state index in [1.54, 1.807) is 0 Å². The van der Waals surface area contributed by atoms with Gasteiger partial charge in [-0.25, -0.2) is 0 Å². The first kappa shape index (κ1) is 19.0. The minimum absolute atomic E-state index is 0.00263. The van der Waals surface area contributed by atoms with E-state index in [1.165, 1.54) is 6.26 Å². The molecule has 1 saturated heterocycles. The summed E-state index contributed by atoms with van der Waals surface area (Å²) in [6.45, 7) is 1.73. The van der Waals surface area contributed by atoms with Gasteiger partial charge in [0, 0.05) is 24.0 Å². The highest BCUT2D eigenvalue weighted by atomic mass is 32.2. The number of carbonyl (C=O) groups is 4. The quantitative estimate of drug-likeness (QED) is 0.716. The van der Waals surface area contributed by atoms with Gasteiger partial charge in [0.15, 0.2) is 6.61 Å². The van der Waals surface area contributed by atoms with Crippen molar-refractivity contribution in [2.24, 2.45) is 0 Å². The number of aryl methyl sites for hydroxylation is 1. The molecule has 0 radical (unpaired) electrons. The van der Waals surface area contributed by atoms with Crippen LogP contribution in [0.15, 0.2) is 28.9 Å². The number of hydrogen-bond donors (Lipinski definition) is 1. The van der Waals surface area contributed by atoms with E-state index in [9.17, 15) is 19.2 Å². The number of benzene rings is 1. The monoisotopic (exact) mass is 390 g/mol. The van der Waals surface area contributed by atoms with Gasteiger partial charge in [-0.05, 0) is 18.6 Å². The Bertz CT molecular complexity index is 890. The molecule has 0 aliphatic carbocycles. The Balaban J connectivity index is 1.41. The number of carbonyl (C=O) groups excluding carboxylic acids is 4. The van der Waals surface area contributed by atoms with Crippen molar-refractivity contribution < 1.29 is 28.3 Å². The maximum atomic E-state index is 12.0. The molecule has 3 rings (SSSR count). The first-order valence-electron chi connectivity index (χ1n) is 8.30. The number of esters is 1.